The molecule has 0 unspecified atom stereocenters. The molecule has 0 aliphatic carbocycles. The van der Waals surface area contributed by atoms with Gasteiger partial charge in [0, 0.05) is 5.02 Å². The van der Waals surface area contributed by atoms with Crippen molar-refractivity contribution in [3.05, 3.63) is 28.8 Å². The Bertz CT molecular complexity index is 366. The van der Waals surface area contributed by atoms with Gasteiger partial charge in [-0.15, -0.1) is 5.11 Å². The standard InChI is InChI=1S/C7H4Cl2N2O2/c8-4-1-2-5(7(12)13)6(3-4)10-11-9/h1-3H,(H,12,13). The van der Waals surface area contributed by atoms with Crippen LogP contribution in [-0.4, -0.2) is 11.1 Å². The van der Waals surface area contributed by atoms with Gasteiger partial charge in [0.25, 0.3) is 0 Å². The van der Waals surface area contributed by atoms with E-state index in [4.69, 9.17) is 28.5 Å². The van der Waals surface area contributed by atoms with Gasteiger partial charge in [0.1, 0.15) is 5.69 Å². The average molecular weight is 219 g/mol. The van der Waals surface area contributed by atoms with Crippen LogP contribution in [-0.2, 0) is 0 Å². The third kappa shape index (κ3) is 2.40. The van der Waals surface area contributed by atoms with E-state index in [0.717, 1.165) is 0 Å². The summed E-state index contributed by atoms with van der Waals surface area (Å²) < 4.78 is 2.97. The largest absolute Gasteiger partial charge is 0.478 e. The maximum Gasteiger partial charge on any atom is 0.337 e. The molecule has 0 bridgehead atoms. The molecule has 0 fully saturated rings. The normalized spacial score (nSPS) is 10.6. The lowest BCUT2D eigenvalue weighted by molar-refractivity contribution is 0.0698. The lowest BCUT2D eigenvalue weighted by Gasteiger charge is -1.98. The minimum Gasteiger partial charge on any atom is -0.478 e. The summed E-state index contributed by atoms with van der Waals surface area (Å²) in [5.41, 5.74) is 0.142. The van der Waals surface area contributed by atoms with Crippen LogP contribution >= 0.6 is 23.4 Å². The lowest BCUT2D eigenvalue weighted by Crippen LogP contribution is -1.95. The summed E-state index contributed by atoms with van der Waals surface area (Å²) in [6.45, 7) is 0. The van der Waals surface area contributed by atoms with E-state index in [9.17, 15) is 4.79 Å². The van der Waals surface area contributed by atoms with E-state index in [1.807, 2.05) is 0 Å². The van der Waals surface area contributed by atoms with Crippen molar-refractivity contribution in [2.75, 3.05) is 0 Å². The fourth-order valence-corrected chi connectivity index (χ4v) is 1.06. The number of hydrogen-bond acceptors (Lipinski definition) is 3. The third-order valence-corrected chi connectivity index (χ3v) is 1.65. The highest BCUT2D eigenvalue weighted by molar-refractivity contribution is 6.31. The molecule has 0 aliphatic rings. The number of hydrogen-bond donors (Lipinski definition) is 1. The number of benzene rings is 1. The Balaban J connectivity index is 3.26. The number of carboxylic acids is 1. The first-order valence-corrected chi connectivity index (χ1v) is 3.91. The van der Waals surface area contributed by atoms with Crippen LogP contribution in [0.15, 0.2) is 27.9 Å². The molecule has 0 heterocycles. The molecule has 0 saturated heterocycles. The monoisotopic (exact) mass is 218 g/mol. The van der Waals surface area contributed by atoms with Crippen molar-refractivity contribution in [3.8, 4) is 0 Å². The van der Waals surface area contributed by atoms with E-state index in [-0.39, 0.29) is 11.3 Å². The average Bonchev–Trinajstić information content (AvgIpc) is 2.04. The molecule has 6 heteroatoms. The molecule has 1 aromatic carbocycles. The van der Waals surface area contributed by atoms with Crippen LogP contribution in [0, 0.1) is 0 Å². The Kier molecular flexibility index (Phi) is 3.22. The summed E-state index contributed by atoms with van der Waals surface area (Å²) in [5.74, 6) is -1.10. The lowest BCUT2D eigenvalue weighted by atomic mass is 10.2. The van der Waals surface area contributed by atoms with Crippen molar-refractivity contribution in [2.45, 2.75) is 0 Å². The first-order valence-electron chi connectivity index (χ1n) is 3.20. The number of aromatic carboxylic acids is 1. The van der Waals surface area contributed by atoms with Gasteiger partial charge >= 0.3 is 5.97 Å². The minimum atomic E-state index is -1.10. The molecule has 0 radical (unpaired) electrons. The second kappa shape index (κ2) is 4.20. The Labute approximate surface area is 83.9 Å². The molecule has 0 spiro atoms. The smallest absolute Gasteiger partial charge is 0.337 e. The molecule has 0 aliphatic heterocycles. The summed E-state index contributed by atoms with van der Waals surface area (Å²) in [6.07, 6.45) is 0. The molecule has 1 N–H and O–H groups in total. The van der Waals surface area contributed by atoms with Crippen LogP contribution in [0.2, 0.25) is 5.02 Å². The van der Waals surface area contributed by atoms with Gasteiger partial charge in [-0.1, -0.05) is 16.2 Å². The van der Waals surface area contributed by atoms with Crippen LogP contribution < -0.4 is 0 Å². The highest BCUT2D eigenvalue weighted by Gasteiger charge is 2.09. The van der Waals surface area contributed by atoms with Crippen LogP contribution in [0.3, 0.4) is 0 Å². The van der Waals surface area contributed by atoms with Crippen molar-refractivity contribution in [2.24, 2.45) is 9.75 Å². The minimum absolute atomic E-state index is 0.00815. The number of nitrogens with zero attached hydrogens (tertiary/aromatic N) is 2. The molecule has 0 amide bonds. The fraction of sp³-hybridized carbons (Fsp3) is 0. The maximum atomic E-state index is 10.6. The molecule has 68 valence electrons. The van der Waals surface area contributed by atoms with Crippen LogP contribution in [0.4, 0.5) is 5.69 Å². The maximum absolute atomic E-state index is 10.6. The summed E-state index contributed by atoms with van der Waals surface area (Å²) >= 11 is 10.6. The fourth-order valence-electron chi connectivity index (χ4n) is 0.809. The zero-order valence-electron chi connectivity index (χ0n) is 6.24. The highest BCUT2D eigenvalue weighted by atomic mass is 35.5. The third-order valence-electron chi connectivity index (χ3n) is 1.34. The topological polar surface area (TPSA) is 62.0 Å². The second-order valence-electron chi connectivity index (χ2n) is 2.14. The molecule has 0 aromatic heterocycles. The van der Waals surface area contributed by atoms with Gasteiger partial charge in [0.2, 0.25) is 0 Å². The van der Waals surface area contributed by atoms with Crippen LogP contribution in [0.25, 0.3) is 0 Å². The predicted octanol–water partition coefficient (Wildman–Crippen LogP) is 3.28. The van der Waals surface area contributed by atoms with Gasteiger partial charge in [0.05, 0.1) is 17.3 Å². The number of halogens is 2. The number of carbonyl (C=O) groups is 1. The van der Waals surface area contributed by atoms with Gasteiger partial charge in [-0.25, -0.2) is 4.79 Å². The number of carboxylic acid groups (broad SMARTS) is 1. The van der Waals surface area contributed by atoms with E-state index in [2.05, 4.69) is 9.75 Å². The van der Waals surface area contributed by atoms with Crippen molar-refractivity contribution < 1.29 is 9.90 Å². The SMILES string of the molecule is O=C(O)c1ccc(Cl)cc1N=NCl. The molecular weight excluding hydrogens is 215 g/mol. The Morgan fingerprint density at radius 1 is 1.46 bits per heavy atom. The zero-order chi connectivity index (χ0) is 9.84. The molecule has 13 heavy (non-hydrogen) atoms. The zero-order valence-corrected chi connectivity index (χ0v) is 7.75. The van der Waals surface area contributed by atoms with Crippen LogP contribution in [0.5, 0.6) is 0 Å². The van der Waals surface area contributed by atoms with E-state index in [0.29, 0.717) is 5.02 Å². The van der Waals surface area contributed by atoms with E-state index in [1.165, 1.54) is 18.2 Å². The van der Waals surface area contributed by atoms with Crippen molar-refractivity contribution >= 4 is 35.0 Å². The highest BCUT2D eigenvalue weighted by Crippen LogP contribution is 2.24. The van der Waals surface area contributed by atoms with E-state index in [1.54, 1.807) is 0 Å². The van der Waals surface area contributed by atoms with Gasteiger partial charge < -0.3 is 5.11 Å². The first kappa shape index (κ1) is 9.95. The first-order chi connectivity index (χ1) is 6.15. The number of rotatable bonds is 2. The van der Waals surface area contributed by atoms with E-state index < -0.39 is 5.97 Å². The summed E-state index contributed by atoms with van der Waals surface area (Å²) in [5, 5.41) is 12.5. The molecular formula is C7H4Cl2N2O2. The van der Waals surface area contributed by atoms with Crippen molar-refractivity contribution in [3.63, 3.8) is 0 Å². The van der Waals surface area contributed by atoms with Gasteiger partial charge in [-0.05, 0) is 18.2 Å². The molecule has 1 aromatic rings. The Morgan fingerprint density at radius 2 is 2.15 bits per heavy atom. The van der Waals surface area contributed by atoms with Gasteiger partial charge in [0.15, 0.2) is 0 Å². The summed E-state index contributed by atoms with van der Waals surface area (Å²) in [6, 6.07) is 4.17. The van der Waals surface area contributed by atoms with Crippen LogP contribution in [0.1, 0.15) is 10.4 Å². The summed E-state index contributed by atoms with van der Waals surface area (Å²) in [7, 11) is 0. The quantitative estimate of drug-likeness (QED) is 0.775. The van der Waals surface area contributed by atoms with Crippen molar-refractivity contribution in [1.82, 2.24) is 0 Å². The Morgan fingerprint density at radius 3 is 2.69 bits per heavy atom. The molecule has 4 nitrogen and oxygen atoms in total. The predicted molar refractivity (Wildman–Crippen MR) is 48.8 cm³/mol. The summed E-state index contributed by atoms with van der Waals surface area (Å²) in [4.78, 5) is 10.6. The van der Waals surface area contributed by atoms with E-state index >= 15 is 0 Å². The van der Waals surface area contributed by atoms with Gasteiger partial charge in [-0.3, -0.25) is 0 Å². The molecule has 0 saturated carbocycles. The van der Waals surface area contributed by atoms with Crippen molar-refractivity contribution in [1.29, 1.82) is 0 Å². The van der Waals surface area contributed by atoms with Gasteiger partial charge in [-0.2, -0.15) is 0 Å². The Hall–Kier alpha value is -1.13. The molecule has 0 atom stereocenters. The second-order valence-corrected chi connectivity index (χ2v) is 2.73. The molecule has 1 rings (SSSR count).